The molecule has 2 atom stereocenters. The molecule has 5 rings (SSSR count). The van der Waals surface area contributed by atoms with Crippen molar-refractivity contribution >= 4 is 5.91 Å². The molecule has 2 aromatic carbocycles. The molecule has 3 aliphatic rings. The van der Waals surface area contributed by atoms with E-state index in [2.05, 4.69) is 70.6 Å². The number of rotatable bonds is 4. The minimum Gasteiger partial charge on any atom is -0.330 e. The van der Waals surface area contributed by atoms with Crippen molar-refractivity contribution in [1.82, 2.24) is 15.1 Å². The van der Waals surface area contributed by atoms with Crippen molar-refractivity contribution in [3.63, 3.8) is 0 Å². The van der Waals surface area contributed by atoms with Crippen LogP contribution < -0.4 is 5.32 Å². The van der Waals surface area contributed by atoms with Crippen LogP contribution in [0.15, 0.2) is 48.5 Å². The molecular formula is C26H33N3O. The van der Waals surface area contributed by atoms with Crippen LogP contribution in [0.2, 0.25) is 0 Å². The first-order chi connectivity index (χ1) is 14.7. The van der Waals surface area contributed by atoms with E-state index < -0.39 is 0 Å². The van der Waals surface area contributed by atoms with E-state index in [1.165, 1.54) is 29.5 Å². The maximum atomic E-state index is 12.9. The number of hydrogen-bond acceptors (Lipinski definition) is 3. The minimum atomic E-state index is 0.233. The number of carbonyl (C=O) groups is 1. The summed E-state index contributed by atoms with van der Waals surface area (Å²) in [5, 5.41) is 3.45. The normalized spacial score (nSPS) is 24.1. The summed E-state index contributed by atoms with van der Waals surface area (Å²) in [5.41, 5.74) is 5.00. The van der Waals surface area contributed by atoms with Crippen molar-refractivity contribution in [3.05, 3.63) is 70.8 Å². The Morgan fingerprint density at radius 1 is 1.03 bits per heavy atom. The molecule has 1 amide bonds. The van der Waals surface area contributed by atoms with Gasteiger partial charge in [0.05, 0.1) is 0 Å². The number of amides is 1. The highest BCUT2D eigenvalue weighted by Crippen LogP contribution is 2.35. The standard InChI is InChI=1S/C26H33N3O/c1-19(20-6-3-2-4-7-20)28-14-11-21(12-15-28)22-9-10-25-23(16-22)18-29(26(25)30)24-8-5-13-27-17-24/h2-4,6-7,9-10,16,19,21,24,27H,5,8,11-15,17-18H2,1H3. The first-order valence-electron chi connectivity index (χ1n) is 11.6. The molecule has 4 heteroatoms. The Hall–Kier alpha value is -2.17. The summed E-state index contributed by atoms with van der Waals surface area (Å²) < 4.78 is 0. The smallest absolute Gasteiger partial charge is 0.254 e. The van der Waals surface area contributed by atoms with Gasteiger partial charge in [-0.05, 0) is 80.9 Å². The second kappa shape index (κ2) is 8.52. The van der Waals surface area contributed by atoms with Gasteiger partial charge < -0.3 is 10.2 Å². The lowest BCUT2D eigenvalue weighted by Gasteiger charge is -2.36. The molecule has 0 saturated carbocycles. The van der Waals surface area contributed by atoms with Gasteiger partial charge in [0.15, 0.2) is 0 Å². The number of hydrogen-bond donors (Lipinski definition) is 1. The van der Waals surface area contributed by atoms with Gasteiger partial charge in [-0.1, -0.05) is 42.5 Å². The lowest BCUT2D eigenvalue weighted by molar-refractivity contribution is 0.0674. The lowest BCUT2D eigenvalue weighted by atomic mass is 9.87. The van der Waals surface area contributed by atoms with Crippen LogP contribution in [0.4, 0.5) is 0 Å². The first kappa shape index (κ1) is 19.8. The molecule has 2 fully saturated rings. The van der Waals surface area contributed by atoms with Gasteiger partial charge in [0.2, 0.25) is 0 Å². The van der Waals surface area contributed by atoms with Gasteiger partial charge in [-0.2, -0.15) is 0 Å². The number of piperidine rings is 2. The Balaban J connectivity index is 1.24. The second-order valence-electron chi connectivity index (χ2n) is 9.25. The Morgan fingerprint density at radius 2 is 1.83 bits per heavy atom. The van der Waals surface area contributed by atoms with Crippen molar-refractivity contribution in [3.8, 4) is 0 Å². The maximum absolute atomic E-state index is 12.9. The topological polar surface area (TPSA) is 35.6 Å². The van der Waals surface area contributed by atoms with E-state index in [4.69, 9.17) is 0 Å². The summed E-state index contributed by atoms with van der Waals surface area (Å²) in [5.74, 6) is 0.840. The zero-order chi connectivity index (χ0) is 20.5. The highest BCUT2D eigenvalue weighted by atomic mass is 16.2. The lowest BCUT2D eigenvalue weighted by Crippen LogP contribution is -2.46. The number of nitrogens with zero attached hydrogens (tertiary/aromatic N) is 2. The summed E-state index contributed by atoms with van der Waals surface area (Å²) in [6.45, 7) is 7.40. The van der Waals surface area contributed by atoms with Crippen molar-refractivity contribution in [2.24, 2.45) is 0 Å². The first-order valence-corrected chi connectivity index (χ1v) is 11.6. The molecule has 2 aromatic rings. The Labute approximate surface area is 180 Å². The zero-order valence-electron chi connectivity index (χ0n) is 18.0. The maximum Gasteiger partial charge on any atom is 0.254 e. The summed E-state index contributed by atoms with van der Waals surface area (Å²) >= 11 is 0. The molecule has 0 bridgehead atoms. The summed E-state index contributed by atoms with van der Waals surface area (Å²) in [6, 6.07) is 18.3. The van der Waals surface area contributed by atoms with Gasteiger partial charge in [0.1, 0.15) is 0 Å². The molecule has 0 aromatic heterocycles. The molecule has 158 valence electrons. The van der Waals surface area contributed by atoms with E-state index in [1.807, 2.05) is 0 Å². The molecule has 3 heterocycles. The molecule has 4 nitrogen and oxygen atoms in total. The molecule has 30 heavy (non-hydrogen) atoms. The van der Waals surface area contributed by atoms with Crippen molar-refractivity contribution < 1.29 is 4.79 Å². The third-order valence-electron chi connectivity index (χ3n) is 7.50. The fourth-order valence-electron chi connectivity index (χ4n) is 5.57. The molecule has 0 aliphatic carbocycles. The van der Waals surface area contributed by atoms with Gasteiger partial charge in [-0.3, -0.25) is 9.69 Å². The second-order valence-corrected chi connectivity index (χ2v) is 9.25. The predicted molar refractivity (Wildman–Crippen MR) is 121 cm³/mol. The number of fused-ring (bicyclic) bond motifs is 1. The van der Waals surface area contributed by atoms with E-state index in [9.17, 15) is 4.79 Å². The van der Waals surface area contributed by atoms with Crippen LogP contribution in [0.25, 0.3) is 0 Å². The van der Waals surface area contributed by atoms with Crippen LogP contribution in [0, 0.1) is 0 Å². The van der Waals surface area contributed by atoms with E-state index in [1.54, 1.807) is 0 Å². The molecule has 2 saturated heterocycles. The minimum absolute atomic E-state index is 0.233. The van der Waals surface area contributed by atoms with E-state index >= 15 is 0 Å². The Morgan fingerprint density at radius 3 is 2.57 bits per heavy atom. The molecular weight excluding hydrogens is 370 g/mol. The number of benzene rings is 2. The molecule has 2 unspecified atom stereocenters. The SMILES string of the molecule is CC(c1ccccc1)N1CCC(c2ccc3c(c2)CN(C2CCCNC2)C3=O)CC1. The zero-order valence-corrected chi connectivity index (χ0v) is 18.0. The van der Waals surface area contributed by atoms with Crippen molar-refractivity contribution in [1.29, 1.82) is 0 Å². The largest absolute Gasteiger partial charge is 0.330 e. The average Bonchev–Trinajstić information content (AvgIpc) is 3.15. The number of carbonyl (C=O) groups excluding carboxylic acids is 1. The summed E-state index contributed by atoms with van der Waals surface area (Å²) in [7, 11) is 0. The van der Waals surface area contributed by atoms with Gasteiger partial charge >= 0.3 is 0 Å². The predicted octanol–water partition coefficient (Wildman–Crippen LogP) is 4.34. The average molecular weight is 404 g/mol. The quantitative estimate of drug-likeness (QED) is 0.825. The van der Waals surface area contributed by atoms with Crippen LogP contribution in [-0.2, 0) is 6.54 Å². The van der Waals surface area contributed by atoms with Gasteiger partial charge in [-0.25, -0.2) is 0 Å². The highest BCUT2D eigenvalue weighted by molar-refractivity contribution is 5.98. The van der Waals surface area contributed by atoms with Crippen LogP contribution >= 0.6 is 0 Å². The van der Waals surface area contributed by atoms with Crippen LogP contribution in [0.1, 0.15) is 71.6 Å². The molecule has 1 N–H and O–H groups in total. The van der Waals surface area contributed by atoms with Gasteiger partial charge in [0, 0.05) is 30.7 Å². The van der Waals surface area contributed by atoms with Crippen molar-refractivity contribution in [2.75, 3.05) is 26.2 Å². The third kappa shape index (κ3) is 3.79. The van der Waals surface area contributed by atoms with E-state index in [-0.39, 0.29) is 5.91 Å². The van der Waals surface area contributed by atoms with Crippen LogP contribution in [0.5, 0.6) is 0 Å². The van der Waals surface area contributed by atoms with Gasteiger partial charge in [-0.15, -0.1) is 0 Å². The van der Waals surface area contributed by atoms with Crippen molar-refractivity contribution in [2.45, 2.75) is 57.2 Å². The molecule has 0 spiro atoms. The summed E-state index contributed by atoms with van der Waals surface area (Å²) in [6.07, 6.45) is 4.67. The van der Waals surface area contributed by atoms with Crippen LogP contribution in [-0.4, -0.2) is 47.9 Å². The monoisotopic (exact) mass is 403 g/mol. The number of nitrogens with one attached hydrogen (secondary N) is 1. The third-order valence-corrected chi connectivity index (χ3v) is 7.50. The van der Waals surface area contributed by atoms with E-state index in [0.717, 1.165) is 51.1 Å². The fourth-order valence-corrected chi connectivity index (χ4v) is 5.57. The molecule has 0 radical (unpaired) electrons. The number of likely N-dealkylation sites (tertiary alicyclic amines) is 1. The highest BCUT2D eigenvalue weighted by Gasteiger charge is 2.34. The fraction of sp³-hybridized carbons (Fsp3) is 0.500. The molecule has 3 aliphatic heterocycles. The van der Waals surface area contributed by atoms with Gasteiger partial charge in [0.25, 0.3) is 5.91 Å². The van der Waals surface area contributed by atoms with E-state index in [0.29, 0.717) is 18.0 Å². The van der Waals surface area contributed by atoms with Crippen LogP contribution in [0.3, 0.4) is 0 Å². The Kier molecular flexibility index (Phi) is 5.62. The Bertz CT molecular complexity index is 882. The summed E-state index contributed by atoms with van der Waals surface area (Å²) in [4.78, 5) is 17.6.